The van der Waals surface area contributed by atoms with Crippen molar-refractivity contribution in [2.45, 2.75) is 19.3 Å². The zero-order valence-electron chi connectivity index (χ0n) is 32.4. The van der Waals surface area contributed by atoms with Crippen LogP contribution < -0.4 is 30.2 Å². The molecule has 0 amide bonds. The van der Waals surface area contributed by atoms with Crippen molar-refractivity contribution in [3.63, 3.8) is 0 Å². The van der Waals surface area contributed by atoms with E-state index < -0.39 is 16.4 Å². The summed E-state index contributed by atoms with van der Waals surface area (Å²) in [5.41, 5.74) is 8.42. The van der Waals surface area contributed by atoms with Crippen LogP contribution in [0.25, 0.3) is 0 Å². The summed E-state index contributed by atoms with van der Waals surface area (Å²) < 4.78 is 12.4. The number of aromatic nitrogens is 3. The van der Waals surface area contributed by atoms with Crippen molar-refractivity contribution < 1.29 is 14.2 Å². The average Bonchev–Trinajstić information content (AvgIpc) is 4.11. The van der Waals surface area contributed by atoms with Gasteiger partial charge in [-0.05, 0) is 43.5 Å². The molecule has 0 spiro atoms. The number of nitrogens with two attached hydrogens (primary N) is 1. The molecule has 19 heteroatoms. The molecule has 59 heavy (non-hydrogen) atoms. The molecule has 3 aromatic heterocycles. The summed E-state index contributed by atoms with van der Waals surface area (Å²) in [5.74, 6) is -0.799. The molecule has 6 heterocycles. The average molecular weight is 860 g/mol. The number of piperidine rings is 1. The van der Waals surface area contributed by atoms with Crippen LogP contribution in [-0.2, 0) is 0 Å². The van der Waals surface area contributed by atoms with Crippen LogP contribution in [0.5, 0.6) is 0 Å². The van der Waals surface area contributed by atoms with Crippen LogP contribution in [0, 0.1) is 26.0 Å². The molecule has 15 nitrogen and oxygen atoms in total. The number of benzene rings is 3. The Bertz CT molecular complexity index is 2160. The molecule has 6 aromatic rings. The number of halogens is 1. The van der Waals surface area contributed by atoms with Crippen molar-refractivity contribution in [3.8, 4) is 0 Å². The summed E-state index contributed by atoms with van der Waals surface area (Å²) >= 11 is 5.07. The molecule has 3 aliphatic heterocycles. The Morgan fingerprint density at radius 2 is 0.898 bits per heavy atom. The first-order valence-corrected chi connectivity index (χ1v) is 21.8. The van der Waals surface area contributed by atoms with E-state index in [1.165, 1.54) is 49.6 Å². The maximum absolute atomic E-state index is 12.4. The molecular weight excluding hydrogens is 814 g/mol. The third kappa shape index (κ3) is 12.1. The Kier molecular flexibility index (Phi) is 15.7. The maximum Gasteiger partial charge on any atom is 0.304 e. The van der Waals surface area contributed by atoms with Gasteiger partial charge in [0, 0.05) is 112 Å². The number of nitrogens with zero attached hydrogens (tertiary/aromatic N) is 10. The summed E-state index contributed by atoms with van der Waals surface area (Å²) in [5, 5.41) is 30.4. The van der Waals surface area contributed by atoms with Crippen LogP contribution in [0.1, 0.15) is 19.3 Å². The number of anilines is 6. The van der Waals surface area contributed by atoms with E-state index in [-0.39, 0.29) is 10.6 Å². The van der Waals surface area contributed by atoms with Crippen LogP contribution in [-0.4, -0.2) is 90.2 Å². The van der Waals surface area contributed by atoms with Gasteiger partial charge in [0.25, 0.3) is 5.69 Å². The molecule has 0 bridgehead atoms. The molecule has 3 fully saturated rings. The minimum Gasteiger partial charge on any atom is -0.397 e. The van der Waals surface area contributed by atoms with Crippen LogP contribution >= 0.6 is 34.0 Å². The van der Waals surface area contributed by atoms with Crippen molar-refractivity contribution in [1.82, 2.24) is 15.0 Å². The smallest absolute Gasteiger partial charge is 0.304 e. The first-order chi connectivity index (χ1) is 28.8. The summed E-state index contributed by atoms with van der Waals surface area (Å²) in [7, 11) is 0. The fourth-order valence-corrected chi connectivity index (χ4v) is 8.83. The van der Waals surface area contributed by atoms with Crippen LogP contribution in [0.4, 0.5) is 48.2 Å². The molecule has 2 N–H and O–H groups in total. The fourth-order valence-electron chi connectivity index (χ4n) is 6.74. The molecule has 9 rings (SSSR count). The Balaban J connectivity index is 0.000000138. The van der Waals surface area contributed by atoms with Crippen molar-refractivity contribution in [1.29, 1.82) is 0 Å². The second kappa shape index (κ2) is 21.7. The second-order valence-electron chi connectivity index (χ2n) is 13.5. The quantitative estimate of drug-likeness (QED) is 0.0926. The summed E-state index contributed by atoms with van der Waals surface area (Å²) in [6.07, 6.45) is 9.60. The van der Waals surface area contributed by atoms with Gasteiger partial charge in [0.15, 0.2) is 15.4 Å². The van der Waals surface area contributed by atoms with Crippen LogP contribution in [0.2, 0.25) is 0 Å². The summed E-state index contributed by atoms with van der Waals surface area (Å²) in [4.78, 5) is 44.3. The van der Waals surface area contributed by atoms with Gasteiger partial charge < -0.3 is 30.2 Å². The van der Waals surface area contributed by atoms with Crippen LogP contribution in [0.15, 0.2) is 108 Å². The highest BCUT2D eigenvalue weighted by Gasteiger charge is 2.24. The Hall–Kier alpha value is -5.92. The lowest BCUT2D eigenvalue weighted by molar-refractivity contribution is -0.387. The highest BCUT2D eigenvalue weighted by Crippen LogP contribution is 2.30. The zero-order chi connectivity index (χ0) is 41.4. The van der Waals surface area contributed by atoms with E-state index in [4.69, 9.17) is 5.73 Å². The summed E-state index contributed by atoms with van der Waals surface area (Å²) in [6, 6.07) is 20.0. The summed E-state index contributed by atoms with van der Waals surface area (Å²) in [6.45, 7) is 9.60. The van der Waals surface area contributed by atoms with Gasteiger partial charge in [0.05, 0.1) is 21.2 Å². The molecule has 0 unspecified atom stereocenters. The number of hydrogen-bond acceptors (Lipinski definition) is 16. The van der Waals surface area contributed by atoms with Gasteiger partial charge in [-0.15, -0.1) is 34.0 Å². The number of piperazine rings is 2. The molecule has 0 atom stereocenters. The van der Waals surface area contributed by atoms with Gasteiger partial charge in [-0.25, -0.2) is 15.0 Å². The molecule has 3 aliphatic rings. The van der Waals surface area contributed by atoms with Crippen molar-refractivity contribution >= 4 is 77.8 Å². The molecule has 0 aliphatic carbocycles. The van der Waals surface area contributed by atoms with Crippen LogP contribution in [0.3, 0.4) is 0 Å². The second-order valence-corrected chi connectivity index (χ2v) is 16.1. The topological polar surface area (TPSA) is 167 Å². The van der Waals surface area contributed by atoms with Gasteiger partial charge in [0.1, 0.15) is 5.69 Å². The molecule has 310 valence electrons. The van der Waals surface area contributed by atoms with E-state index in [2.05, 4.69) is 45.5 Å². The maximum atomic E-state index is 12.4. The van der Waals surface area contributed by atoms with Gasteiger partial charge in [-0.3, -0.25) is 20.2 Å². The van der Waals surface area contributed by atoms with Gasteiger partial charge in [0.2, 0.25) is 5.82 Å². The standard InChI is InChI=1S/C13H14N4O2S.C13H16N4S.C8H12N2S.C6H4FNO2/c18-17(19)12-4-2-1-3-11(12)15-6-8-16(9-7-15)13-14-5-10-20-13;14-11-3-1-2-4-12(11)16-6-8-17(9-7-16)13-15-5-10-18-13;1-2-5-10(6-3-1)8-9-4-7-11-8;7-5-3-1-2-4-6(5)8(9)10/h1-5,10H,6-9H2;1-5,10H,6-9,14H2;4,7H,1-3,5-6H2;1-4H. The lowest BCUT2D eigenvalue weighted by atomic mass is 10.1. The normalized spacial score (nSPS) is 15.2. The monoisotopic (exact) mass is 859 g/mol. The van der Waals surface area contributed by atoms with E-state index in [1.807, 2.05) is 58.9 Å². The number of nitro benzene ring substituents is 2. The van der Waals surface area contributed by atoms with Gasteiger partial charge >= 0.3 is 5.69 Å². The number of para-hydroxylation sites is 5. The molecule has 0 saturated carbocycles. The van der Waals surface area contributed by atoms with Crippen molar-refractivity contribution in [3.05, 3.63) is 134 Å². The highest BCUT2D eigenvalue weighted by atomic mass is 32.1. The number of hydrogen-bond donors (Lipinski definition) is 1. The Labute approximate surface area is 354 Å². The number of nitro groups is 2. The molecule has 0 radical (unpaired) electrons. The van der Waals surface area contributed by atoms with E-state index in [1.54, 1.807) is 52.3 Å². The number of thiazole rings is 3. The molecule has 3 aromatic carbocycles. The first kappa shape index (κ1) is 42.7. The van der Waals surface area contributed by atoms with E-state index >= 15 is 0 Å². The molecule has 3 saturated heterocycles. The van der Waals surface area contributed by atoms with E-state index in [0.717, 1.165) is 86.1 Å². The minimum atomic E-state index is -0.799. The molecular formula is C40H46FN11O4S3. The largest absolute Gasteiger partial charge is 0.397 e. The zero-order valence-corrected chi connectivity index (χ0v) is 34.8. The predicted octanol–water partition coefficient (Wildman–Crippen LogP) is 8.30. The third-order valence-corrected chi connectivity index (χ3v) is 12.2. The number of nitrogen functional groups attached to an aromatic ring is 1. The Morgan fingerprint density at radius 3 is 1.32 bits per heavy atom. The Morgan fingerprint density at radius 1 is 0.508 bits per heavy atom. The highest BCUT2D eigenvalue weighted by molar-refractivity contribution is 7.14. The van der Waals surface area contributed by atoms with Crippen molar-refractivity contribution in [2.75, 3.05) is 95.7 Å². The lowest BCUT2D eigenvalue weighted by Gasteiger charge is -2.36. The van der Waals surface area contributed by atoms with E-state index in [0.29, 0.717) is 5.69 Å². The SMILES string of the molecule is Nc1ccccc1N1CCN(c2nccs2)CC1.O=[N+]([O-])c1ccccc1F.O=[N+]([O-])c1ccccc1N1CCN(c2nccs2)CC1.c1csc(N2CCCCC2)n1. The van der Waals surface area contributed by atoms with Gasteiger partial charge in [-0.2, -0.15) is 4.39 Å². The van der Waals surface area contributed by atoms with Crippen molar-refractivity contribution in [2.24, 2.45) is 0 Å². The number of rotatable bonds is 7. The minimum absolute atomic E-state index is 0.176. The first-order valence-electron chi connectivity index (χ1n) is 19.2. The van der Waals surface area contributed by atoms with E-state index in [9.17, 15) is 24.6 Å². The predicted molar refractivity (Wildman–Crippen MR) is 238 cm³/mol. The lowest BCUT2D eigenvalue weighted by Crippen LogP contribution is -2.46. The fraction of sp³-hybridized carbons (Fsp3) is 0.325. The third-order valence-electron chi connectivity index (χ3n) is 9.73. The van der Waals surface area contributed by atoms with Gasteiger partial charge in [-0.1, -0.05) is 36.4 Å².